The lowest BCUT2D eigenvalue weighted by Gasteiger charge is -2.53. The van der Waals surface area contributed by atoms with E-state index < -0.39 is 11.7 Å². The Bertz CT molecular complexity index is 1350. The van der Waals surface area contributed by atoms with Crippen molar-refractivity contribution in [3.05, 3.63) is 74.6 Å². The summed E-state index contributed by atoms with van der Waals surface area (Å²) in [6.07, 6.45) is 3.46. The summed E-state index contributed by atoms with van der Waals surface area (Å²) in [6.45, 7) is 5.83. The molecular formula is C29H32ClNO5. The van der Waals surface area contributed by atoms with Crippen LogP contribution in [0.5, 0.6) is 5.75 Å². The van der Waals surface area contributed by atoms with Crippen LogP contribution in [0.1, 0.15) is 61.8 Å². The summed E-state index contributed by atoms with van der Waals surface area (Å²) in [5.74, 6) is 0.284. The van der Waals surface area contributed by atoms with E-state index in [1.54, 1.807) is 26.0 Å². The van der Waals surface area contributed by atoms with Crippen molar-refractivity contribution in [1.82, 2.24) is 4.90 Å². The molecule has 1 saturated carbocycles. The van der Waals surface area contributed by atoms with Gasteiger partial charge in [-0.15, -0.1) is 0 Å². The molecule has 1 aliphatic carbocycles. The maximum atomic E-state index is 13.8. The van der Waals surface area contributed by atoms with Crippen LogP contribution in [-0.4, -0.2) is 34.2 Å². The summed E-state index contributed by atoms with van der Waals surface area (Å²) >= 11 is 6.15. The molecule has 2 aliphatic rings. The zero-order chi connectivity index (χ0) is 25.6. The molecule has 0 bridgehead atoms. The highest BCUT2D eigenvalue weighted by Gasteiger charge is 2.50. The number of fused-ring (bicyclic) bond motifs is 2. The van der Waals surface area contributed by atoms with Crippen LogP contribution in [-0.2, 0) is 4.79 Å². The van der Waals surface area contributed by atoms with Crippen molar-refractivity contribution in [3.63, 3.8) is 0 Å². The van der Waals surface area contributed by atoms with Crippen LogP contribution in [0.25, 0.3) is 11.0 Å². The molecule has 0 spiro atoms. The lowest BCUT2D eigenvalue weighted by atomic mass is 9.66. The number of rotatable bonds is 4. The molecule has 1 saturated heterocycles. The van der Waals surface area contributed by atoms with Gasteiger partial charge in [-0.2, -0.15) is 0 Å². The number of amides is 1. The van der Waals surface area contributed by atoms with Crippen LogP contribution in [0.4, 0.5) is 0 Å². The van der Waals surface area contributed by atoms with Crippen molar-refractivity contribution in [2.24, 2.45) is 5.92 Å². The van der Waals surface area contributed by atoms with Gasteiger partial charge in [0.05, 0.1) is 11.6 Å². The van der Waals surface area contributed by atoms with Gasteiger partial charge in [-0.1, -0.05) is 36.6 Å². The first kappa shape index (κ1) is 24.8. The van der Waals surface area contributed by atoms with E-state index in [0.29, 0.717) is 34.9 Å². The second-order valence-electron chi connectivity index (χ2n) is 10.3. The molecule has 2 fully saturated rings. The quantitative estimate of drug-likeness (QED) is 0.454. The summed E-state index contributed by atoms with van der Waals surface area (Å²) in [6, 6.07) is 12.6. The van der Waals surface area contributed by atoms with Gasteiger partial charge in [-0.25, -0.2) is 4.79 Å². The maximum Gasteiger partial charge on any atom is 0.339 e. The van der Waals surface area contributed by atoms with E-state index in [9.17, 15) is 14.7 Å². The Morgan fingerprint density at radius 1 is 1.14 bits per heavy atom. The Morgan fingerprint density at radius 2 is 1.89 bits per heavy atom. The van der Waals surface area contributed by atoms with Crippen LogP contribution in [0, 0.1) is 19.8 Å². The summed E-state index contributed by atoms with van der Waals surface area (Å²) in [7, 11) is 0. The largest absolute Gasteiger partial charge is 0.481 e. The number of hydrogen-bond acceptors (Lipinski definition) is 5. The monoisotopic (exact) mass is 509 g/mol. The van der Waals surface area contributed by atoms with Crippen molar-refractivity contribution in [2.75, 3.05) is 6.54 Å². The second-order valence-corrected chi connectivity index (χ2v) is 10.7. The number of likely N-dealkylation sites (tertiary alicyclic amines) is 1. The summed E-state index contributed by atoms with van der Waals surface area (Å²) in [4.78, 5) is 27.8. The minimum Gasteiger partial charge on any atom is -0.481 e. The van der Waals surface area contributed by atoms with Crippen molar-refractivity contribution in [2.45, 2.75) is 70.6 Å². The minimum atomic E-state index is -0.769. The SMILES string of the molecule is Cc1c(C)c2ccc(OC(C)C(=O)N3CC[C@@]4(O)CCCC[C@H]4[C@@H]3c3ccc(Cl)cc3)cc2oc1=O. The van der Waals surface area contributed by atoms with Gasteiger partial charge in [0.2, 0.25) is 0 Å². The number of ether oxygens (including phenoxy) is 1. The Labute approximate surface area is 215 Å². The smallest absolute Gasteiger partial charge is 0.339 e. The average molecular weight is 510 g/mol. The lowest BCUT2D eigenvalue weighted by molar-refractivity contribution is -0.161. The number of aliphatic hydroxyl groups is 1. The zero-order valence-corrected chi connectivity index (χ0v) is 21.7. The molecule has 7 heteroatoms. The normalized spacial score (nSPS) is 24.9. The Morgan fingerprint density at radius 3 is 2.64 bits per heavy atom. The first-order valence-corrected chi connectivity index (χ1v) is 13.0. The number of piperidine rings is 1. The van der Waals surface area contributed by atoms with E-state index in [0.717, 1.165) is 42.2 Å². The number of nitrogens with zero attached hydrogens (tertiary/aromatic N) is 1. The molecule has 36 heavy (non-hydrogen) atoms. The molecule has 2 aromatic carbocycles. The highest BCUT2D eigenvalue weighted by molar-refractivity contribution is 6.30. The zero-order valence-electron chi connectivity index (χ0n) is 20.9. The Balaban J connectivity index is 1.43. The van der Waals surface area contributed by atoms with E-state index in [1.807, 2.05) is 42.2 Å². The lowest BCUT2D eigenvalue weighted by Crippen LogP contribution is -2.58. The fraction of sp³-hybridized carbons (Fsp3) is 0.448. The first-order chi connectivity index (χ1) is 17.2. The Hall–Kier alpha value is -2.83. The molecule has 1 aromatic heterocycles. The summed E-state index contributed by atoms with van der Waals surface area (Å²) in [5.41, 5.74) is 1.72. The third kappa shape index (κ3) is 4.41. The molecule has 6 nitrogen and oxygen atoms in total. The van der Waals surface area contributed by atoms with E-state index in [2.05, 4.69) is 0 Å². The van der Waals surface area contributed by atoms with Gasteiger partial charge in [0.1, 0.15) is 11.3 Å². The number of benzene rings is 2. The number of carbonyl (C=O) groups is 1. The van der Waals surface area contributed by atoms with Gasteiger partial charge < -0.3 is 19.2 Å². The van der Waals surface area contributed by atoms with Gasteiger partial charge >= 0.3 is 5.63 Å². The van der Waals surface area contributed by atoms with Crippen LogP contribution < -0.4 is 10.4 Å². The highest BCUT2D eigenvalue weighted by atomic mass is 35.5. The van der Waals surface area contributed by atoms with Crippen LogP contribution in [0.2, 0.25) is 5.02 Å². The summed E-state index contributed by atoms with van der Waals surface area (Å²) in [5, 5.41) is 13.0. The fourth-order valence-corrected chi connectivity index (χ4v) is 6.12. The van der Waals surface area contributed by atoms with Gasteiger partial charge in [-0.05, 0) is 75.4 Å². The molecule has 1 aliphatic heterocycles. The van der Waals surface area contributed by atoms with Gasteiger partial charge in [0.15, 0.2) is 6.10 Å². The molecule has 1 amide bonds. The standard InChI is InChI=1S/C29H32ClNO5/c1-17-18(2)28(33)36-25-16-22(11-12-23(17)25)35-19(3)27(32)31-15-14-29(34)13-5-4-6-24(29)26(31)20-7-9-21(30)10-8-20/h7-12,16,19,24,26,34H,4-6,13-15H2,1-3H3/t19?,24-,26-,29-/m0/s1. The third-order valence-electron chi connectivity index (χ3n) is 8.15. The molecule has 0 radical (unpaired) electrons. The van der Waals surface area contributed by atoms with Crippen LogP contribution >= 0.6 is 11.6 Å². The second kappa shape index (κ2) is 9.56. The summed E-state index contributed by atoms with van der Waals surface area (Å²) < 4.78 is 11.5. The topological polar surface area (TPSA) is 80.0 Å². The van der Waals surface area contributed by atoms with Gasteiger partial charge in [0.25, 0.3) is 5.91 Å². The fourth-order valence-electron chi connectivity index (χ4n) is 5.99. The van der Waals surface area contributed by atoms with Crippen LogP contribution in [0.15, 0.2) is 51.7 Å². The molecular weight excluding hydrogens is 478 g/mol. The van der Waals surface area contributed by atoms with Gasteiger partial charge in [-0.3, -0.25) is 4.79 Å². The minimum absolute atomic E-state index is 0.0431. The number of aryl methyl sites for hydroxylation is 1. The number of hydrogen-bond donors (Lipinski definition) is 1. The molecule has 1 unspecified atom stereocenters. The van der Waals surface area contributed by atoms with Crippen molar-refractivity contribution >= 4 is 28.5 Å². The third-order valence-corrected chi connectivity index (χ3v) is 8.40. The van der Waals surface area contributed by atoms with E-state index >= 15 is 0 Å². The van der Waals surface area contributed by atoms with Crippen LogP contribution in [0.3, 0.4) is 0 Å². The molecule has 4 atom stereocenters. The van der Waals surface area contributed by atoms with E-state index in [-0.39, 0.29) is 23.5 Å². The Kier molecular flexibility index (Phi) is 6.60. The average Bonchev–Trinajstić information content (AvgIpc) is 2.86. The van der Waals surface area contributed by atoms with Gasteiger partial charge in [0, 0.05) is 34.5 Å². The molecule has 5 rings (SSSR count). The van der Waals surface area contributed by atoms with Crippen molar-refractivity contribution in [3.8, 4) is 5.75 Å². The predicted molar refractivity (Wildman–Crippen MR) is 139 cm³/mol. The number of halogens is 1. The molecule has 1 N–H and O–H groups in total. The van der Waals surface area contributed by atoms with Crippen molar-refractivity contribution < 1.29 is 19.1 Å². The van der Waals surface area contributed by atoms with Crippen molar-refractivity contribution in [1.29, 1.82) is 0 Å². The maximum absolute atomic E-state index is 13.8. The first-order valence-electron chi connectivity index (χ1n) is 12.7. The molecule has 2 heterocycles. The predicted octanol–water partition coefficient (Wildman–Crippen LogP) is 5.73. The number of carbonyl (C=O) groups excluding carboxylic acids is 1. The van der Waals surface area contributed by atoms with E-state index in [1.165, 1.54) is 0 Å². The van der Waals surface area contributed by atoms with E-state index in [4.69, 9.17) is 20.8 Å². The molecule has 3 aromatic rings. The molecule has 190 valence electrons. The highest BCUT2D eigenvalue weighted by Crippen LogP contribution is 2.49.